The Balaban J connectivity index is 1.89. The van der Waals surface area contributed by atoms with E-state index in [1.54, 1.807) is 12.1 Å². The lowest BCUT2D eigenvalue weighted by Gasteiger charge is -2.34. The molecule has 1 aliphatic rings. The Bertz CT molecular complexity index is 576. The molecule has 0 radical (unpaired) electrons. The van der Waals surface area contributed by atoms with Crippen molar-refractivity contribution < 1.29 is 14.7 Å². The van der Waals surface area contributed by atoms with Crippen LogP contribution in [0.25, 0.3) is 0 Å². The van der Waals surface area contributed by atoms with Gasteiger partial charge in [-0.15, -0.1) is 0 Å². The monoisotopic (exact) mass is 345 g/mol. The zero-order valence-corrected chi connectivity index (χ0v) is 15.5. The predicted octanol–water partition coefficient (Wildman–Crippen LogP) is 4.38. The molecule has 25 heavy (non-hydrogen) atoms. The van der Waals surface area contributed by atoms with Crippen LogP contribution in [0.1, 0.15) is 68.3 Å². The van der Waals surface area contributed by atoms with Crippen LogP contribution in [-0.2, 0) is 11.2 Å². The number of nitrogens with zero attached hydrogens (tertiary/aromatic N) is 1. The predicted molar refractivity (Wildman–Crippen MR) is 99.7 cm³/mol. The van der Waals surface area contributed by atoms with Crippen LogP contribution in [0, 0.1) is 11.8 Å². The Kier molecular flexibility index (Phi) is 7.48. The van der Waals surface area contributed by atoms with Crippen molar-refractivity contribution in [2.75, 3.05) is 13.1 Å². The number of amides is 1. The summed E-state index contributed by atoms with van der Waals surface area (Å²) in [5.41, 5.74) is 1.32. The fraction of sp³-hybridized carbons (Fsp3) is 0.619. The average molecular weight is 345 g/mol. The Morgan fingerprint density at radius 2 is 1.88 bits per heavy atom. The smallest absolute Gasteiger partial charge is 0.335 e. The van der Waals surface area contributed by atoms with E-state index in [9.17, 15) is 14.7 Å². The number of hydrogen-bond acceptors (Lipinski definition) is 2. The molecule has 4 heteroatoms. The highest BCUT2D eigenvalue weighted by Gasteiger charge is 2.27. The molecule has 0 aliphatic carbocycles. The van der Waals surface area contributed by atoms with Gasteiger partial charge in [0.05, 0.1) is 5.56 Å². The highest BCUT2D eigenvalue weighted by atomic mass is 16.4. The van der Waals surface area contributed by atoms with Gasteiger partial charge in [-0.2, -0.15) is 0 Å². The minimum atomic E-state index is -0.857. The van der Waals surface area contributed by atoms with Crippen LogP contribution < -0.4 is 0 Å². The van der Waals surface area contributed by atoms with Crippen molar-refractivity contribution in [1.29, 1.82) is 0 Å². The van der Waals surface area contributed by atoms with E-state index in [4.69, 9.17) is 0 Å². The van der Waals surface area contributed by atoms with Crippen molar-refractivity contribution in [2.24, 2.45) is 11.8 Å². The number of carboxylic acids is 1. The Morgan fingerprint density at radius 3 is 2.48 bits per heavy atom. The van der Waals surface area contributed by atoms with E-state index >= 15 is 0 Å². The molecule has 1 unspecified atom stereocenters. The molecule has 4 nitrogen and oxygen atoms in total. The van der Waals surface area contributed by atoms with Crippen molar-refractivity contribution in [3.63, 3.8) is 0 Å². The summed E-state index contributed by atoms with van der Waals surface area (Å²) in [6.07, 6.45) is 6.88. The molecule has 1 aromatic rings. The fourth-order valence-electron chi connectivity index (χ4n) is 3.79. The van der Waals surface area contributed by atoms with Gasteiger partial charge in [0.2, 0.25) is 5.91 Å². The zero-order chi connectivity index (χ0) is 18.2. The number of carbonyl (C=O) groups excluding carboxylic acids is 1. The van der Waals surface area contributed by atoms with E-state index in [1.807, 2.05) is 17.0 Å². The maximum atomic E-state index is 12.7. The minimum Gasteiger partial charge on any atom is -0.478 e. The third-order valence-corrected chi connectivity index (χ3v) is 5.43. The third-order valence-electron chi connectivity index (χ3n) is 5.43. The number of piperidine rings is 1. The third kappa shape index (κ3) is 5.32. The number of aromatic carboxylic acids is 1. The van der Waals surface area contributed by atoms with Gasteiger partial charge >= 0.3 is 5.97 Å². The normalized spacial score (nSPS) is 16.6. The second-order valence-corrected chi connectivity index (χ2v) is 7.18. The van der Waals surface area contributed by atoms with Gasteiger partial charge in [-0.05, 0) is 49.7 Å². The second kappa shape index (κ2) is 9.59. The molecule has 2 rings (SSSR count). The molecule has 1 atom stereocenters. The van der Waals surface area contributed by atoms with Crippen molar-refractivity contribution >= 4 is 11.9 Å². The molecule has 0 saturated carbocycles. The molecule has 1 N–H and O–H groups in total. The van der Waals surface area contributed by atoms with Crippen molar-refractivity contribution in [1.82, 2.24) is 4.90 Å². The summed E-state index contributed by atoms with van der Waals surface area (Å²) >= 11 is 0. The number of carboxylic acid groups (broad SMARTS) is 1. The molecule has 1 saturated heterocycles. The van der Waals surface area contributed by atoms with Gasteiger partial charge in [0, 0.05) is 19.0 Å². The molecule has 1 aromatic carbocycles. The standard InChI is InChI=1S/C21H31NO3/c1-3-5-8-17(4-2)20(23)22-13-11-16(12-14-22)15-18-9-6-7-10-19(18)21(24)25/h6-7,9-10,16-17H,3-5,8,11-15H2,1-2H3,(H,24,25). The van der Waals surface area contributed by atoms with Crippen LogP contribution in [0.4, 0.5) is 0 Å². The highest BCUT2D eigenvalue weighted by Crippen LogP contribution is 2.25. The number of hydrogen-bond donors (Lipinski definition) is 1. The van der Waals surface area contributed by atoms with Crippen molar-refractivity contribution in [3.05, 3.63) is 35.4 Å². The van der Waals surface area contributed by atoms with Gasteiger partial charge < -0.3 is 10.0 Å². The summed E-state index contributed by atoms with van der Waals surface area (Å²) in [4.78, 5) is 26.1. The molecular formula is C21H31NO3. The number of carbonyl (C=O) groups is 2. The summed E-state index contributed by atoms with van der Waals surface area (Å²) in [5, 5.41) is 9.32. The van der Waals surface area contributed by atoms with Gasteiger partial charge in [-0.3, -0.25) is 4.79 Å². The lowest BCUT2D eigenvalue weighted by Crippen LogP contribution is -2.42. The van der Waals surface area contributed by atoms with E-state index in [2.05, 4.69) is 13.8 Å². The van der Waals surface area contributed by atoms with E-state index < -0.39 is 5.97 Å². The molecule has 1 amide bonds. The van der Waals surface area contributed by atoms with E-state index in [0.29, 0.717) is 17.4 Å². The van der Waals surface area contributed by atoms with Gasteiger partial charge in [0.25, 0.3) is 0 Å². The van der Waals surface area contributed by atoms with Gasteiger partial charge in [0.1, 0.15) is 0 Å². The Labute approximate surface area is 151 Å². The SMILES string of the molecule is CCCCC(CC)C(=O)N1CCC(Cc2ccccc2C(=O)O)CC1. The van der Waals surface area contributed by atoms with Crippen LogP contribution in [-0.4, -0.2) is 35.0 Å². The van der Waals surface area contributed by atoms with Crippen LogP contribution in [0.15, 0.2) is 24.3 Å². The fourth-order valence-corrected chi connectivity index (χ4v) is 3.79. The number of unbranched alkanes of at least 4 members (excludes halogenated alkanes) is 1. The topological polar surface area (TPSA) is 57.6 Å². The summed E-state index contributed by atoms with van der Waals surface area (Å²) in [7, 11) is 0. The maximum Gasteiger partial charge on any atom is 0.335 e. The maximum absolute atomic E-state index is 12.7. The summed E-state index contributed by atoms with van der Waals surface area (Å²) in [5.74, 6) is 0.0924. The van der Waals surface area contributed by atoms with E-state index in [1.165, 1.54) is 0 Å². The first kappa shape index (κ1) is 19.5. The summed E-state index contributed by atoms with van der Waals surface area (Å²) in [6, 6.07) is 7.27. The first-order chi connectivity index (χ1) is 12.1. The van der Waals surface area contributed by atoms with Crippen molar-refractivity contribution in [2.45, 2.75) is 58.8 Å². The second-order valence-electron chi connectivity index (χ2n) is 7.18. The molecule has 138 valence electrons. The van der Waals surface area contributed by atoms with Crippen LogP contribution in [0.3, 0.4) is 0 Å². The number of rotatable bonds is 8. The minimum absolute atomic E-state index is 0.171. The first-order valence-electron chi connectivity index (χ1n) is 9.66. The molecule has 0 bridgehead atoms. The molecular weight excluding hydrogens is 314 g/mol. The lowest BCUT2D eigenvalue weighted by molar-refractivity contribution is -0.137. The van der Waals surface area contributed by atoms with Crippen LogP contribution in [0.2, 0.25) is 0 Å². The van der Waals surface area contributed by atoms with Gasteiger partial charge in [0.15, 0.2) is 0 Å². The van der Waals surface area contributed by atoms with Crippen LogP contribution >= 0.6 is 0 Å². The van der Waals surface area contributed by atoms with E-state index in [0.717, 1.165) is 63.6 Å². The molecule has 1 aliphatic heterocycles. The summed E-state index contributed by atoms with van der Waals surface area (Å²) < 4.78 is 0. The van der Waals surface area contributed by atoms with Crippen LogP contribution in [0.5, 0.6) is 0 Å². The quantitative estimate of drug-likeness (QED) is 0.760. The molecule has 1 heterocycles. The Hall–Kier alpha value is -1.84. The van der Waals surface area contributed by atoms with Crippen molar-refractivity contribution in [3.8, 4) is 0 Å². The largest absolute Gasteiger partial charge is 0.478 e. The lowest BCUT2D eigenvalue weighted by atomic mass is 9.87. The van der Waals surface area contributed by atoms with E-state index in [-0.39, 0.29) is 5.92 Å². The number of benzene rings is 1. The zero-order valence-electron chi connectivity index (χ0n) is 15.5. The molecule has 0 spiro atoms. The highest BCUT2D eigenvalue weighted by molar-refractivity contribution is 5.89. The van der Waals surface area contributed by atoms with Gasteiger partial charge in [-0.1, -0.05) is 44.9 Å². The summed E-state index contributed by atoms with van der Waals surface area (Å²) in [6.45, 7) is 5.88. The van der Waals surface area contributed by atoms with Gasteiger partial charge in [-0.25, -0.2) is 4.79 Å². The first-order valence-corrected chi connectivity index (χ1v) is 9.66. The average Bonchev–Trinajstić information content (AvgIpc) is 2.63. The number of likely N-dealkylation sites (tertiary alicyclic amines) is 1. The Morgan fingerprint density at radius 1 is 1.20 bits per heavy atom. The molecule has 0 aromatic heterocycles. The molecule has 1 fully saturated rings.